The van der Waals surface area contributed by atoms with Gasteiger partial charge >= 0.3 is 12.1 Å². The van der Waals surface area contributed by atoms with Crippen molar-refractivity contribution in [3.63, 3.8) is 0 Å². The van der Waals surface area contributed by atoms with Crippen LogP contribution in [0.25, 0.3) is 0 Å². The Labute approximate surface area is 149 Å². The van der Waals surface area contributed by atoms with Gasteiger partial charge in [0.05, 0.1) is 0 Å². The van der Waals surface area contributed by atoms with Gasteiger partial charge in [-0.1, -0.05) is 32.3 Å². The molecule has 136 valence electrons. The first-order chi connectivity index (χ1) is 12.2. The molecule has 3 rings (SSSR count). The molecular formula is C19H28N4O2. The van der Waals surface area contributed by atoms with Gasteiger partial charge in [-0.2, -0.15) is 0 Å². The Morgan fingerprint density at radius 1 is 1.32 bits per heavy atom. The summed E-state index contributed by atoms with van der Waals surface area (Å²) in [5.74, 6) is 0. The van der Waals surface area contributed by atoms with Crippen LogP contribution in [0.1, 0.15) is 45.4 Å². The second-order valence-corrected chi connectivity index (χ2v) is 6.85. The van der Waals surface area contributed by atoms with Crippen LogP contribution in [-0.2, 0) is 0 Å². The lowest BCUT2D eigenvalue weighted by Gasteiger charge is -2.34. The first kappa shape index (κ1) is 17.6. The van der Waals surface area contributed by atoms with Gasteiger partial charge in [-0.3, -0.25) is 4.90 Å². The molecule has 1 saturated carbocycles. The minimum absolute atomic E-state index is 0.0308. The number of hydrogen-bond acceptors (Lipinski definition) is 2. The van der Waals surface area contributed by atoms with Crippen LogP contribution in [0.3, 0.4) is 0 Å². The molecule has 0 spiro atoms. The monoisotopic (exact) mass is 344 g/mol. The van der Waals surface area contributed by atoms with E-state index in [-0.39, 0.29) is 12.1 Å². The molecule has 6 nitrogen and oxygen atoms in total. The Kier molecular flexibility index (Phi) is 5.79. The van der Waals surface area contributed by atoms with Crippen LogP contribution in [0, 0.1) is 0 Å². The predicted octanol–water partition coefficient (Wildman–Crippen LogP) is 3.79. The number of amides is 4. The Bertz CT molecular complexity index is 613. The minimum Gasteiger partial charge on any atom is -0.336 e. The maximum absolute atomic E-state index is 12.8. The highest BCUT2D eigenvalue weighted by atomic mass is 16.2. The van der Waals surface area contributed by atoms with E-state index in [1.807, 2.05) is 29.2 Å². The Balaban J connectivity index is 1.69. The summed E-state index contributed by atoms with van der Waals surface area (Å²) in [5, 5.41) is 5.83. The lowest BCUT2D eigenvalue weighted by Crippen LogP contribution is -2.44. The zero-order valence-electron chi connectivity index (χ0n) is 15.0. The van der Waals surface area contributed by atoms with Crippen molar-refractivity contribution in [1.82, 2.24) is 10.2 Å². The number of hydrogen-bond donors (Lipinski definition) is 2. The average Bonchev–Trinajstić information content (AvgIpc) is 3.06. The molecule has 2 aliphatic rings. The quantitative estimate of drug-likeness (QED) is 0.853. The molecule has 0 bridgehead atoms. The molecule has 1 aromatic rings. The number of rotatable bonds is 5. The number of urea groups is 2. The summed E-state index contributed by atoms with van der Waals surface area (Å²) < 4.78 is 0. The molecule has 25 heavy (non-hydrogen) atoms. The van der Waals surface area contributed by atoms with Gasteiger partial charge in [0, 0.05) is 37.1 Å². The van der Waals surface area contributed by atoms with Crippen molar-refractivity contribution < 1.29 is 9.59 Å². The van der Waals surface area contributed by atoms with Crippen LogP contribution in [0.5, 0.6) is 0 Å². The maximum atomic E-state index is 12.8. The molecule has 1 aliphatic carbocycles. The summed E-state index contributed by atoms with van der Waals surface area (Å²) >= 11 is 0. The summed E-state index contributed by atoms with van der Waals surface area (Å²) in [6.07, 6.45) is 6.84. The molecular weight excluding hydrogens is 316 g/mol. The van der Waals surface area contributed by atoms with Gasteiger partial charge in [0.2, 0.25) is 0 Å². The van der Waals surface area contributed by atoms with Gasteiger partial charge in [0.1, 0.15) is 0 Å². The van der Waals surface area contributed by atoms with Crippen LogP contribution >= 0.6 is 0 Å². The van der Waals surface area contributed by atoms with Gasteiger partial charge in [-0.05, 0) is 37.5 Å². The van der Waals surface area contributed by atoms with E-state index in [9.17, 15) is 9.59 Å². The number of anilines is 2. The van der Waals surface area contributed by atoms with Crippen LogP contribution in [-0.4, -0.2) is 42.6 Å². The third-order valence-corrected chi connectivity index (χ3v) is 5.01. The van der Waals surface area contributed by atoms with Crippen molar-refractivity contribution in [2.75, 3.05) is 29.9 Å². The normalized spacial score (nSPS) is 18.1. The molecule has 0 aromatic heterocycles. The van der Waals surface area contributed by atoms with Crippen molar-refractivity contribution >= 4 is 23.4 Å². The summed E-state index contributed by atoms with van der Waals surface area (Å²) in [4.78, 5) is 28.3. The summed E-state index contributed by atoms with van der Waals surface area (Å²) in [5.41, 5.74) is 1.55. The van der Waals surface area contributed by atoms with Gasteiger partial charge in [-0.25, -0.2) is 9.59 Å². The number of nitrogens with one attached hydrogen (secondary N) is 2. The van der Waals surface area contributed by atoms with Gasteiger partial charge in [-0.15, -0.1) is 0 Å². The largest absolute Gasteiger partial charge is 0.336 e. The van der Waals surface area contributed by atoms with Crippen LogP contribution in [0.4, 0.5) is 21.0 Å². The molecule has 6 heteroatoms. The molecule has 1 saturated heterocycles. The first-order valence-corrected chi connectivity index (χ1v) is 9.42. The molecule has 2 N–H and O–H groups in total. The Hall–Kier alpha value is -2.24. The first-order valence-electron chi connectivity index (χ1n) is 9.42. The minimum atomic E-state index is -0.0849. The van der Waals surface area contributed by atoms with Crippen LogP contribution in [0.15, 0.2) is 24.3 Å². The molecule has 0 radical (unpaired) electrons. The highest BCUT2D eigenvalue weighted by Crippen LogP contribution is 2.25. The van der Waals surface area contributed by atoms with Crippen molar-refractivity contribution in [2.24, 2.45) is 0 Å². The predicted molar refractivity (Wildman–Crippen MR) is 100 cm³/mol. The molecule has 0 atom stereocenters. The van der Waals surface area contributed by atoms with E-state index < -0.39 is 0 Å². The number of nitrogens with zero attached hydrogens (tertiary/aromatic N) is 2. The van der Waals surface area contributed by atoms with E-state index in [1.165, 1.54) is 19.3 Å². The van der Waals surface area contributed by atoms with Gasteiger partial charge < -0.3 is 15.5 Å². The van der Waals surface area contributed by atoms with Crippen LogP contribution in [0.2, 0.25) is 0 Å². The van der Waals surface area contributed by atoms with Gasteiger partial charge in [0.25, 0.3) is 0 Å². The second kappa shape index (κ2) is 8.23. The highest BCUT2D eigenvalue weighted by molar-refractivity contribution is 5.95. The van der Waals surface area contributed by atoms with E-state index in [1.54, 1.807) is 4.90 Å². The maximum Gasteiger partial charge on any atom is 0.322 e. The fourth-order valence-corrected chi connectivity index (χ4v) is 3.75. The standard InChI is InChI=1S/C19H28N4O2/c1-2-12-22(16-8-4-3-5-9-16)19(25)21-15-7-6-10-17(14-15)23-13-11-20-18(23)24/h6-7,10,14,16H,2-5,8-9,11-13H2,1H3,(H,20,24)(H,21,25). The Morgan fingerprint density at radius 3 is 2.80 bits per heavy atom. The van der Waals surface area contributed by atoms with E-state index in [2.05, 4.69) is 17.6 Å². The lowest BCUT2D eigenvalue weighted by atomic mass is 9.94. The Morgan fingerprint density at radius 2 is 2.12 bits per heavy atom. The molecule has 1 aromatic carbocycles. The number of carbonyl (C=O) groups excluding carboxylic acids is 2. The fraction of sp³-hybridized carbons (Fsp3) is 0.579. The summed E-state index contributed by atoms with van der Waals surface area (Å²) in [6.45, 7) is 4.20. The molecule has 1 aliphatic heterocycles. The van der Waals surface area contributed by atoms with E-state index in [0.717, 1.165) is 37.2 Å². The number of carbonyl (C=O) groups is 2. The molecule has 0 unspecified atom stereocenters. The van der Waals surface area contributed by atoms with Crippen molar-refractivity contribution in [2.45, 2.75) is 51.5 Å². The van der Waals surface area contributed by atoms with Crippen LogP contribution < -0.4 is 15.5 Å². The second-order valence-electron chi connectivity index (χ2n) is 6.85. The fourth-order valence-electron chi connectivity index (χ4n) is 3.75. The third kappa shape index (κ3) is 4.24. The topological polar surface area (TPSA) is 64.7 Å². The van der Waals surface area contributed by atoms with E-state index in [4.69, 9.17) is 0 Å². The zero-order valence-corrected chi connectivity index (χ0v) is 15.0. The zero-order chi connectivity index (χ0) is 17.6. The van der Waals surface area contributed by atoms with E-state index in [0.29, 0.717) is 19.1 Å². The SMILES string of the molecule is CCCN(C(=O)Nc1cccc(N2CCNC2=O)c1)C1CCCCC1. The molecule has 4 amide bonds. The molecule has 2 fully saturated rings. The molecule has 1 heterocycles. The summed E-state index contributed by atoms with van der Waals surface area (Å²) in [7, 11) is 0. The van der Waals surface area contributed by atoms with Crippen molar-refractivity contribution in [3.05, 3.63) is 24.3 Å². The summed E-state index contributed by atoms with van der Waals surface area (Å²) in [6, 6.07) is 7.75. The number of benzene rings is 1. The van der Waals surface area contributed by atoms with Crippen molar-refractivity contribution in [1.29, 1.82) is 0 Å². The average molecular weight is 344 g/mol. The van der Waals surface area contributed by atoms with Gasteiger partial charge in [0.15, 0.2) is 0 Å². The lowest BCUT2D eigenvalue weighted by molar-refractivity contribution is 0.167. The van der Waals surface area contributed by atoms with E-state index >= 15 is 0 Å². The third-order valence-electron chi connectivity index (χ3n) is 5.01. The van der Waals surface area contributed by atoms with Crippen molar-refractivity contribution in [3.8, 4) is 0 Å². The highest BCUT2D eigenvalue weighted by Gasteiger charge is 2.25. The smallest absolute Gasteiger partial charge is 0.322 e.